The zero-order valence-corrected chi connectivity index (χ0v) is 13.4. The fraction of sp³-hybridized carbons (Fsp3) is 1.00. The summed E-state index contributed by atoms with van der Waals surface area (Å²) in [5, 5.41) is 0. The molecule has 110 valence electrons. The van der Waals surface area contributed by atoms with Gasteiger partial charge in [0.1, 0.15) is 0 Å². The number of hydrogen-bond acceptors (Lipinski definition) is 6. The molecular formula is C11H26O6Si. The molecule has 1 unspecified atom stereocenters. The van der Waals surface area contributed by atoms with Crippen LogP contribution >= 0.6 is 0 Å². The molecule has 0 aromatic heterocycles. The quantitative estimate of drug-likeness (QED) is 0.450. The normalized spacial score (nSPS) is 14.8. The summed E-state index contributed by atoms with van der Waals surface area (Å²) in [6, 6.07) is 0. The molecular weight excluding hydrogens is 256 g/mol. The molecule has 18 heavy (non-hydrogen) atoms. The van der Waals surface area contributed by atoms with Gasteiger partial charge in [0.05, 0.1) is 0 Å². The maximum Gasteiger partial charge on any atom is 0.683 e. The third-order valence-corrected chi connectivity index (χ3v) is 4.79. The van der Waals surface area contributed by atoms with Crippen molar-refractivity contribution >= 4 is 9.05 Å². The minimum absolute atomic E-state index is 0.419. The Bertz CT molecular complexity index is 218. The van der Waals surface area contributed by atoms with Crippen LogP contribution in [0.4, 0.5) is 0 Å². The van der Waals surface area contributed by atoms with E-state index in [1.165, 1.54) is 0 Å². The minimum Gasteiger partial charge on any atom is -0.357 e. The standard InChI is InChI=1S/C11H26O6Si/c1-8-14-18(15-9-2,16-10(3)12-6)17-11(4,5)13-7/h10H,8-9H2,1-7H3. The summed E-state index contributed by atoms with van der Waals surface area (Å²) in [6.07, 6.45) is -0.484. The first-order valence-corrected chi connectivity index (χ1v) is 7.71. The fourth-order valence-corrected chi connectivity index (χ4v) is 3.42. The van der Waals surface area contributed by atoms with E-state index in [1.54, 1.807) is 35.0 Å². The predicted octanol–water partition coefficient (Wildman–Crippen LogP) is 1.90. The van der Waals surface area contributed by atoms with Gasteiger partial charge in [0.2, 0.25) is 0 Å². The molecule has 1 atom stereocenters. The van der Waals surface area contributed by atoms with E-state index in [-0.39, 0.29) is 0 Å². The molecule has 0 aromatic carbocycles. The van der Waals surface area contributed by atoms with E-state index in [0.717, 1.165) is 0 Å². The van der Waals surface area contributed by atoms with Gasteiger partial charge in [-0.05, 0) is 34.6 Å². The van der Waals surface area contributed by atoms with E-state index in [2.05, 4.69) is 0 Å². The molecule has 6 nitrogen and oxygen atoms in total. The van der Waals surface area contributed by atoms with Crippen molar-refractivity contribution in [1.29, 1.82) is 0 Å². The van der Waals surface area contributed by atoms with E-state index in [0.29, 0.717) is 13.2 Å². The predicted molar refractivity (Wildman–Crippen MR) is 68.7 cm³/mol. The van der Waals surface area contributed by atoms with Gasteiger partial charge in [0.25, 0.3) is 0 Å². The maximum atomic E-state index is 5.80. The highest BCUT2D eigenvalue weighted by Gasteiger charge is 2.51. The average molecular weight is 282 g/mol. The number of rotatable bonds is 10. The SMILES string of the molecule is CCO[Si](OCC)(OC(C)OC)OC(C)(C)OC. The third kappa shape index (κ3) is 6.23. The lowest BCUT2D eigenvalue weighted by atomic mass is 10.4. The van der Waals surface area contributed by atoms with Crippen molar-refractivity contribution < 1.29 is 27.2 Å². The van der Waals surface area contributed by atoms with Gasteiger partial charge in [-0.3, -0.25) is 0 Å². The highest BCUT2D eigenvalue weighted by atomic mass is 28.4. The van der Waals surface area contributed by atoms with Gasteiger partial charge in [0.15, 0.2) is 12.1 Å². The second kappa shape index (κ2) is 8.21. The van der Waals surface area contributed by atoms with Gasteiger partial charge in [-0.15, -0.1) is 0 Å². The summed E-state index contributed by atoms with van der Waals surface area (Å²) in [5.74, 6) is -0.857. The molecule has 0 saturated heterocycles. The second-order valence-electron chi connectivity index (χ2n) is 3.99. The Balaban J connectivity index is 4.94. The van der Waals surface area contributed by atoms with Crippen LogP contribution in [0.3, 0.4) is 0 Å². The van der Waals surface area contributed by atoms with Crippen LogP contribution in [0.15, 0.2) is 0 Å². The Morgan fingerprint density at radius 3 is 1.89 bits per heavy atom. The van der Waals surface area contributed by atoms with Crippen LogP contribution in [0, 0.1) is 0 Å². The van der Waals surface area contributed by atoms with Crippen molar-refractivity contribution in [3.8, 4) is 0 Å². The Morgan fingerprint density at radius 1 is 1.06 bits per heavy atom. The zero-order chi connectivity index (χ0) is 14.2. The molecule has 0 aliphatic rings. The number of ether oxygens (including phenoxy) is 2. The molecule has 0 bridgehead atoms. The molecule has 0 fully saturated rings. The van der Waals surface area contributed by atoms with Crippen molar-refractivity contribution in [1.82, 2.24) is 0 Å². The molecule has 0 radical (unpaired) electrons. The van der Waals surface area contributed by atoms with Gasteiger partial charge in [-0.1, -0.05) is 0 Å². The lowest BCUT2D eigenvalue weighted by Crippen LogP contribution is -2.56. The fourth-order valence-electron chi connectivity index (χ4n) is 1.14. The van der Waals surface area contributed by atoms with Crippen LogP contribution in [-0.2, 0) is 27.2 Å². The van der Waals surface area contributed by atoms with Gasteiger partial charge < -0.3 is 27.2 Å². The van der Waals surface area contributed by atoms with Gasteiger partial charge in [0, 0.05) is 27.4 Å². The summed E-state index contributed by atoms with van der Waals surface area (Å²) in [4.78, 5) is 0. The van der Waals surface area contributed by atoms with Gasteiger partial charge in [-0.25, -0.2) is 0 Å². The molecule has 0 amide bonds. The van der Waals surface area contributed by atoms with E-state index < -0.39 is 21.1 Å². The first kappa shape index (κ1) is 18.0. The minimum atomic E-state index is -3.29. The maximum absolute atomic E-state index is 5.80. The Morgan fingerprint density at radius 2 is 1.56 bits per heavy atom. The highest BCUT2D eigenvalue weighted by Crippen LogP contribution is 2.23. The van der Waals surface area contributed by atoms with Crippen molar-refractivity contribution in [2.24, 2.45) is 0 Å². The van der Waals surface area contributed by atoms with Crippen LogP contribution < -0.4 is 0 Å². The Hall–Kier alpha value is -0.0231. The Labute approximate surface area is 111 Å². The summed E-state index contributed by atoms with van der Waals surface area (Å²) in [5.41, 5.74) is 0. The first-order chi connectivity index (χ1) is 8.34. The monoisotopic (exact) mass is 282 g/mol. The summed E-state index contributed by atoms with van der Waals surface area (Å²) in [6.45, 7) is 9.84. The summed E-state index contributed by atoms with van der Waals surface area (Å²) < 4.78 is 33.0. The van der Waals surface area contributed by atoms with Crippen LogP contribution in [0.2, 0.25) is 0 Å². The molecule has 0 heterocycles. The molecule has 0 spiro atoms. The summed E-state index contributed by atoms with van der Waals surface area (Å²) in [7, 11) is -0.189. The number of hydrogen-bond donors (Lipinski definition) is 0. The van der Waals surface area contributed by atoms with E-state index in [4.69, 9.17) is 27.2 Å². The largest absolute Gasteiger partial charge is 0.683 e. The van der Waals surface area contributed by atoms with Crippen molar-refractivity contribution in [3.05, 3.63) is 0 Å². The second-order valence-corrected chi connectivity index (χ2v) is 6.01. The molecule has 0 rings (SSSR count). The van der Waals surface area contributed by atoms with Crippen molar-refractivity contribution in [3.63, 3.8) is 0 Å². The van der Waals surface area contributed by atoms with E-state index >= 15 is 0 Å². The zero-order valence-electron chi connectivity index (χ0n) is 12.4. The van der Waals surface area contributed by atoms with Crippen molar-refractivity contribution in [2.45, 2.75) is 46.7 Å². The first-order valence-electron chi connectivity index (χ1n) is 6.08. The van der Waals surface area contributed by atoms with Gasteiger partial charge >= 0.3 is 9.05 Å². The third-order valence-electron chi connectivity index (χ3n) is 2.15. The highest BCUT2D eigenvalue weighted by molar-refractivity contribution is 6.53. The van der Waals surface area contributed by atoms with E-state index in [9.17, 15) is 0 Å². The van der Waals surface area contributed by atoms with Crippen LogP contribution in [0.25, 0.3) is 0 Å². The molecule has 0 saturated carbocycles. The van der Waals surface area contributed by atoms with E-state index in [1.807, 2.05) is 13.8 Å². The molecule has 0 aliphatic carbocycles. The Kier molecular flexibility index (Phi) is 8.20. The average Bonchev–Trinajstić information content (AvgIpc) is 2.29. The molecule has 0 aromatic rings. The topological polar surface area (TPSA) is 55.4 Å². The molecule has 0 aliphatic heterocycles. The lowest BCUT2D eigenvalue weighted by Gasteiger charge is -2.35. The van der Waals surface area contributed by atoms with Crippen LogP contribution in [0.1, 0.15) is 34.6 Å². The summed E-state index contributed by atoms with van der Waals surface area (Å²) >= 11 is 0. The van der Waals surface area contributed by atoms with Crippen LogP contribution in [-0.4, -0.2) is 48.6 Å². The van der Waals surface area contributed by atoms with Crippen LogP contribution in [0.5, 0.6) is 0 Å². The molecule has 7 heteroatoms. The lowest BCUT2D eigenvalue weighted by molar-refractivity contribution is -0.212. The number of methoxy groups -OCH3 is 2. The smallest absolute Gasteiger partial charge is 0.357 e. The molecule has 0 N–H and O–H groups in total. The van der Waals surface area contributed by atoms with Gasteiger partial charge in [-0.2, -0.15) is 0 Å². The van der Waals surface area contributed by atoms with Crippen molar-refractivity contribution in [2.75, 3.05) is 27.4 Å².